The third-order valence-electron chi connectivity index (χ3n) is 4.70. The number of unbranched alkanes of at least 4 members (excludes halogenated alkanes) is 4. The lowest BCUT2D eigenvalue weighted by Crippen LogP contribution is -2.25. The van der Waals surface area contributed by atoms with Gasteiger partial charge in [-0.3, -0.25) is 10.1 Å². The molecule has 0 aliphatic heterocycles. The van der Waals surface area contributed by atoms with Gasteiger partial charge in [-0.1, -0.05) is 63.8 Å². The quantitative estimate of drug-likeness (QED) is 0.158. The van der Waals surface area contributed by atoms with E-state index >= 15 is 0 Å². The molecule has 0 aliphatic carbocycles. The molecule has 0 saturated heterocycles. The first-order valence-corrected chi connectivity index (χ1v) is 14.1. The molecule has 10 nitrogen and oxygen atoms in total. The number of nitrogens with one attached hydrogen (secondary N) is 2. The van der Waals surface area contributed by atoms with E-state index in [1.54, 1.807) is 18.2 Å². The van der Waals surface area contributed by atoms with Crippen LogP contribution in [-0.2, 0) is 20.0 Å². The maximum absolute atomic E-state index is 11.9. The number of nitrogen functional groups attached to an aromatic ring is 1. The summed E-state index contributed by atoms with van der Waals surface area (Å²) in [5.74, 6) is 0. The summed E-state index contributed by atoms with van der Waals surface area (Å²) in [6.07, 6.45) is 5.55. The monoisotopic (exact) mass is 514 g/mol. The van der Waals surface area contributed by atoms with Crippen LogP contribution in [0.3, 0.4) is 0 Å². The number of para-hydroxylation sites is 2. The van der Waals surface area contributed by atoms with E-state index in [1.165, 1.54) is 30.3 Å². The van der Waals surface area contributed by atoms with Gasteiger partial charge in [-0.05, 0) is 31.0 Å². The number of benzene rings is 2. The Balaban J connectivity index is 0.000000342. The van der Waals surface area contributed by atoms with E-state index in [9.17, 15) is 26.9 Å². The largest absolute Gasteiger partial charge is 0.398 e. The van der Waals surface area contributed by atoms with Crippen LogP contribution in [0.5, 0.6) is 0 Å². The maximum atomic E-state index is 11.9. The average molecular weight is 515 g/mol. The highest BCUT2D eigenvalue weighted by Gasteiger charge is 2.24. The first-order chi connectivity index (χ1) is 16.1. The molecule has 190 valence electrons. The van der Waals surface area contributed by atoms with Gasteiger partial charge in [0.05, 0.1) is 10.6 Å². The molecule has 34 heavy (non-hydrogen) atoms. The van der Waals surface area contributed by atoms with Crippen molar-refractivity contribution in [3.05, 3.63) is 58.6 Å². The van der Waals surface area contributed by atoms with E-state index < -0.39 is 30.7 Å². The van der Waals surface area contributed by atoms with Gasteiger partial charge in [-0.2, -0.15) is 0 Å². The first kappa shape index (κ1) is 29.5. The third-order valence-corrected chi connectivity index (χ3v) is 7.75. The Morgan fingerprint density at radius 1 is 0.765 bits per heavy atom. The van der Waals surface area contributed by atoms with E-state index in [-0.39, 0.29) is 15.5 Å². The van der Waals surface area contributed by atoms with Crippen LogP contribution in [0.25, 0.3) is 0 Å². The molecule has 0 saturated carbocycles. The molecule has 2 aromatic carbocycles. The van der Waals surface area contributed by atoms with Crippen LogP contribution in [0.15, 0.2) is 58.3 Å². The summed E-state index contributed by atoms with van der Waals surface area (Å²) in [4.78, 5) is 9.94. The van der Waals surface area contributed by atoms with E-state index in [2.05, 4.69) is 16.4 Å². The van der Waals surface area contributed by atoms with Crippen molar-refractivity contribution in [2.75, 3.05) is 18.8 Å². The SMILES string of the molecule is CCCCCNS(=O)(=O)c1ccccc1N.CCCCCNS(=O)(=O)c1ccccc1[N+](=O)[O-]. The van der Waals surface area contributed by atoms with Crippen LogP contribution in [0.4, 0.5) is 11.4 Å². The first-order valence-electron chi connectivity index (χ1n) is 11.1. The Kier molecular flexibility index (Phi) is 12.7. The second-order valence-electron chi connectivity index (χ2n) is 7.47. The van der Waals surface area contributed by atoms with Crippen molar-refractivity contribution in [1.82, 2.24) is 9.44 Å². The molecule has 0 bridgehead atoms. The van der Waals surface area contributed by atoms with Gasteiger partial charge in [0.25, 0.3) is 5.69 Å². The van der Waals surface area contributed by atoms with Crippen molar-refractivity contribution in [3.63, 3.8) is 0 Å². The fraction of sp³-hybridized carbons (Fsp3) is 0.455. The molecule has 0 atom stereocenters. The maximum Gasteiger partial charge on any atom is 0.289 e. The number of hydrogen-bond donors (Lipinski definition) is 3. The van der Waals surface area contributed by atoms with Gasteiger partial charge < -0.3 is 5.73 Å². The van der Waals surface area contributed by atoms with Gasteiger partial charge >= 0.3 is 0 Å². The van der Waals surface area contributed by atoms with Gasteiger partial charge in [0, 0.05) is 19.2 Å². The fourth-order valence-corrected chi connectivity index (χ4v) is 5.33. The van der Waals surface area contributed by atoms with Crippen molar-refractivity contribution in [1.29, 1.82) is 0 Å². The van der Waals surface area contributed by atoms with E-state index in [0.717, 1.165) is 38.5 Å². The van der Waals surface area contributed by atoms with Gasteiger partial charge in [0.2, 0.25) is 20.0 Å². The summed E-state index contributed by atoms with van der Waals surface area (Å²) < 4.78 is 52.4. The lowest BCUT2D eigenvalue weighted by atomic mass is 10.3. The molecule has 0 spiro atoms. The molecular weight excluding hydrogens is 480 g/mol. The molecule has 2 aromatic rings. The third kappa shape index (κ3) is 9.75. The van der Waals surface area contributed by atoms with E-state index in [4.69, 9.17) is 5.73 Å². The van der Waals surface area contributed by atoms with Gasteiger partial charge in [-0.15, -0.1) is 0 Å². The number of anilines is 1. The molecular formula is C22H34N4O6S2. The van der Waals surface area contributed by atoms with Crippen LogP contribution in [0.1, 0.15) is 52.4 Å². The number of hydrogen-bond acceptors (Lipinski definition) is 7. The summed E-state index contributed by atoms with van der Waals surface area (Å²) >= 11 is 0. The summed E-state index contributed by atoms with van der Waals surface area (Å²) in [6, 6.07) is 11.8. The Hall–Kier alpha value is -2.54. The Morgan fingerprint density at radius 3 is 1.68 bits per heavy atom. The average Bonchev–Trinajstić information content (AvgIpc) is 2.80. The predicted octanol–water partition coefficient (Wildman–Crippen LogP) is 3.80. The van der Waals surface area contributed by atoms with Crippen molar-refractivity contribution >= 4 is 31.4 Å². The number of nitro benzene ring substituents is 1. The molecule has 0 heterocycles. The Morgan fingerprint density at radius 2 is 1.21 bits per heavy atom. The lowest BCUT2D eigenvalue weighted by Gasteiger charge is -2.08. The number of sulfonamides is 2. The zero-order valence-electron chi connectivity index (χ0n) is 19.6. The zero-order valence-corrected chi connectivity index (χ0v) is 21.2. The predicted molar refractivity (Wildman–Crippen MR) is 133 cm³/mol. The molecule has 12 heteroatoms. The summed E-state index contributed by atoms with van der Waals surface area (Å²) in [5.41, 5.74) is 5.50. The van der Waals surface area contributed by atoms with Crippen LogP contribution >= 0.6 is 0 Å². The number of nitrogens with zero attached hydrogens (tertiary/aromatic N) is 1. The smallest absolute Gasteiger partial charge is 0.289 e. The lowest BCUT2D eigenvalue weighted by molar-refractivity contribution is -0.387. The van der Waals surface area contributed by atoms with Gasteiger partial charge in [0.15, 0.2) is 4.90 Å². The van der Waals surface area contributed by atoms with Crippen LogP contribution < -0.4 is 15.2 Å². The van der Waals surface area contributed by atoms with Crippen LogP contribution in [0.2, 0.25) is 0 Å². The molecule has 0 fully saturated rings. The molecule has 4 N–H and O–H groups in total. The zero-order chi connectivity index (χ0) is 25.6. The number of rotatable bonds is 13. The topological polar surface area (TPSA) is 162 Å². The molecule has 0 unspecified atom stereocenters. The van der Waals surface area contributed by atoms with E-state index in [1.807, 2.05) is 6.92 Å². The molecule has 2 rings (SSSR count). The van der Waals surface area contributed by atoms with Crippen molar-refractivity contribution in [2.24, 2.45) is 0 Å². The minimum atomic E-state index is -3.81. The van der Waals surface area contributed by atoms with Gasteiger partial charge in [0.1, 0.15) is 4.90 Å². The van der Waals surface area contributed by atoms with Crippen LogP contribution in [-0.4, -0.2) is 34.8 Å². The summed E-state index contributed by atoms with van der Waals surface area (Å²) in [7, 11) is -7.25. The van der Waals surface area contributed by atoms with Gasteiger partial charge in [-0.25, -0.2) is 26.3 Å². The second kappa shape index (κ2) is 14.7. The minimum Gasteiger partial charge on any atom is -0.398 e. The highest BCUT2D eigenvalue weighted by atomic mass is 32.2. The highest BCUT2D eigenvalue weighted by Crippen LogP contribution is 2.22. The Labute approximate surface area is 202 Å². The number of nitrogens with two attached hydrogens (primary N) is 1. The van der Waals surface area contributed by atoms with Crippen molar-refractivity contribution in [3.8, 4) is 0 Å². The second-order valence-corrected chi connectivity index (χ2v) is 10.9. The molecule has 0 aliphatic rings. The van der Waals surface area contributed by atoms with E-state index in [0.29, 0.717) is 13.1 Å². The summed E-state index contributed by atoms with van der Waals surface area (Å²) in [5, 5.41) is 10.8. The standard InChI is InChI=1S/C11H16N2O4S.C11H18N2O2S/c1-2-3-6-9-12-18(16,17)11-8-5-4-7-10(11)13(14)15;1-2-3-6-9-13-16(14,15)11-8-5-4-7-10(11)12/h4-5,7-8,12H,2-3,6,9H2,1H3;4-5,7-8,13H,2-3,6,9,12H2,1H3. The van der Waals surface area contributed by atoms with Crippen molar-refractivity contribution in [2.45, 2.75) is 62.2 Å². The highest BCUT2D eigenvalue weighted by molar-refractivity contribution is 7.90. The number of nitro groups is 1. The minimum absolute atomic E-state index is 0.159. The summed E-state index contributed by atoms with van der Waals surface area (Å²) in [6.45, 7) is 4.84. The normalized spacial score (nSPS) is 11.5. The fourth-order valence-electron chi connectivity index (χ4n) is 2.88. The molecule has 0 aromatic heterocycles. The van der Waals surface area contributed by atoms with Crippen molar-refractivity contribution < 1.29 is 21.8 Å². The Bertz CT molecular complexity index is 1120. The molecule has 0 amide bonds. The molecule has 0 radical (unpaired) electrons. The van der Waals surface area contributed by atoms with Crippen LogP contribution in [0, 0.1) is 10.1 Å².